The maximum Gasteiger partial charge on any atom is 0.224 e. The van der Waals surface area contributed by atoms with Gasteiger partial charge < -0.3 is 10.6 Å². The predicted molar refractivity (Wildman–Crippen MR) is 92.6 cm³/mol. The van der Waals surface area contributed by atoms with Gasteiger partial charge in [0.05, 0.1) is 0 Å². The number of carbonyl (C=O) groups is 1. The zero-order valence-corrected chi connectivity index (χ0v) is 14.6. The zero-order chi connectivity index (χ0) is 15.2. The molecular weight excluding hydrogens is 348 g/mol. The summed E-state index contributed by atoms with van der Waals surface area (Å²) in [4.78, 5) is 12.6. The van der Waals surface area contributed by atoms with Crippen LogP contribution in [0.4, 0.5) is 5.69 Å². The quantitative estimate of drug-likeness (QED) is 0.776. The van der Waals surface area contributed by atoms with Crippen molar-refractivity contribution in [1.29, 1.82) is 0 Å². The van der Waals surface area contributed by atoms with Gasteiger partial charge in [-0.15, -0.1) is 11.3 Å². The lowest BCUT2D eigenvalue weighted by Gasteiger charge is -2.14. The van der Waals surface area contributed by atoms with Gasteiger partial charge >= 0.3 is 0 Å². The van der Waals surface area contributed by atoms with Crippen LogP contribution in [-0.2, 0) is 11.3 Å². The minimum absolute atomic E-state index is 0.0391. The molecule has 112 valence electrons. The third-order valence-corrected chi connectivity index (χ3v) is 4.92. The Balaban J connectivity index is 1.90. The molecule has 0 aliphatic rings. The van der Waals surface area contributed by atoms with Crippen molar-refractivity contribution >= 4 is 38.9 Å². The Kier molecular flexibility index (Phi) is 5.96. The number of carbonyl (C=O) groups excluding carboxylic acids is 1. The number of amides is 1. The maximum absolute atomic E-state index is 11.3. The molecule has 0 aliphatic carbocycles. The summed E-state index contributed by atoms with van der Waals surface area (Å²) in [6, 6.07) is 10.4. The van der Waals surface area contributed by atoms with E-state index < -0.39 is 0 Å². The van der Waals surface area contributed by atoms with E-state index in [1.807, 2.05) is 31.2 Å². The lowest BCUT2D eigenvalue weighted by Crippen LogP contribution is -2.17. The maximum atomic E-state index is 11.3. The van der Waals surface area contributed by atoms with Crippen LogP contribution in [0.5, 0.6) is 0 Å². The number of thiophene rings is 1. The summed E-state index contributed by atoms with van der Waals surface area (Å²) in [5, 5.41) is 8.45. The minimum Gasteiger partial charge on any atom is -0.326 e. The van der Waals surface area contributed by atoms with Gasteiger partial charge in [0.1, 0.15) is 0 Å². The normalized spacial score (nSPS) is 12.1. The number of nitrogens with one attached hydrogen (secondary N) is 2. The summed E-state index contributed by atoms with van der Waals surface area (Å²) in [6.45, 7) is 4.84. The molecule has 3 nitrogen and oxygen atoms in total. The molecule has 2 rings (SSSR count). The molecule has 1 unspecified atom stereocenters. The van der Waals surface area contributed by atoms with Gasteiger partial charge in [-0.3, -0.25) is 4.79 Å². The van der Waals surface area contributed by atoms with Crippen LogP contribution in [0.2, 0.25) is 0 Å². The summed E-state index contributed by atoms with van der Waals surface area (Å²) in [5.41, 5.74) is 2.06. The largest absolute Gasteiger partial charge is 0.326 e. The Morgan fingerprint density at radius 1 is 1.33 bits per heavy atom. The molecule has 0 saturated heterocycles. The summed E-state index contributed by atoms with van der Waals surface area (Å²) < 4.78 is 1.13. The fourth-order valence-electron chi connectivity index (χ4n) is 1.92. The number of hydrogen-bond acceptors (Lipinski definition) is 3. The average molecular weight is 367 g/mol. The van der Waals surface area contributed by atoms with Gasteiger partial charge in [-0.25, -0.2) is 0 Å². The number of halogens is 1. The molecule has 1 heterocycles. The minimum atomic E-state index is 0.0391. The monoisotopic (exact) mass is 366 g/mol. The van der Waals surface area contributed by atoms with Crippen molar-refractivity contribution in [2.75, 3.05) is 5.32 Å². The van der Waals surface area contributed by atoms with E-state index in [2.05, 4.69) is 44.9 Å². The number of hydrogen-bond donors (Lipinski definition) is 2. The molecule has 5 heteroatoms. The Labute approximate surface area is 137 Å². The third-order valence-electron chi connectivity index (χ3n) is 3.22. The van der Waals surface area contributed by atoms with Crippen molar-refractivity contribution < 1.29 is 4.79 Å². The molecule has 1 atom stereocenters. The van der Waals surface area contributed by atoms with E-state index in [1.54, 1.807) is 11.3 Å². The van der Waals surface area contributed by atoms with Crippen LogP contribution in [0.1, 0.15) is 36.8 Å². The van der Waals surface area contributed by atoms with Crippen molar-refractivity contribution in [2.45, 2.75) is 32.9 Å². The fourth-order valence-corrected chi connectivity index (χ4v) is 3.32. The van der Waals surface area contributed by atoms with E-state index >= 15 is 0 Å². The van der Waals surface area contributed by atoms with Crippen LogP contribution >= 0.6 is 27.3 Å². The summed E-state index contributed by atoms with van der Waals surface area (Å²) in [7, 11) is 0. The summed E-state index contributed by atoms with van der Waals surface area (Å²) in [5.74, 6) is 0.0391. The van der Waals surface area contributed by atoms with Crippen molar-refractivity contribution in [3.8, 4) is 0 Å². The molecule has 1 amide bonds. The van der Waals surface area contributed by atoms with E-state index in [0.29, 0.717) is 6.42 Å². The van der Waals surface area contributed by atoms with E-state index in [9.17, 15) is 4.79 Å². The lowest BCUT2D eigenvalue weighted by atomic mass is 10.1. The Morgan fingerprint density at radius 2 is 2.05 bits per heavy atom. The highest BCUT2D eigenvalue weighted by Crippen LogP contribution is 2.21. The molecule has 0 fully saturated rings. The van der Waals surface area contributed by atoms with E-state index in [4.69, 9.17) is 0 Å². The van der Waals surface area contributed by atoms with Crippen molar-refractivity contribution in [1.82, 2.24) is 5.32 Å². The first-order chi connectivity index (χ1) is 10.1. The second-order valence-corrected chi connectivity index (χ2v) is 6.77. The molecule has 0 radical (unpaired) electrons. The highest BCUT2D eigenvalue weighted by molar-refractivity contribution is 9.10. The van der Waals surface area contributed by atoms with E-state index in [-0.39, 0.29) is 11.9 Å². The van der Waals surface area contributed by atoms with Gasteiger partial charge in [0.25, 0.3) is 0 Å². The average Bonchev–Trinajstić information content (AvgIpc) is 2.91. The second-order valence-electron chi connectivity index (χ2n) is 4.86. The van der Waals surface area contributed by atoms with Crippen molar-refractivity contribution in [3.63, 3.8) is 0 Å². The molecule has 21 heavy (non-hydrogen) atoms. The van der Waals surface area contributed by atoms with Crippen LogP contribution in [0.25, 0.3) is 0 Å². The van der Waals surface area contributed by atoms with E-state index in [0.717, 1.165) is 16.7 Å². The number of anilines is 1. The highest BCUT2D eigenvalue weighted by Gasteiger charge is 2.06. The molecule has 0 aliphatic heterocycles. The van der Waals surface area contributed by atoms with Crippen molar-refractivity contribution in [3.05, 3.63) is 50.6 Å². The molecule has 0 saturated carbocycles. The molecule has 1 aromatic carbocycles. The Bertz CT molecular complexity index is 595. The lowest BCUT2D eigenvalue weighted by molar-refractivity contribution is -0.115. The van der Waals surface area contributed by atoms with Gasteiger partial charge in [0.15, 0.2) is 0 Å². The topological polar surface area (TPSA) is 41.1 Å². The first-order valence-corrected chi connectivity index (χ1v) is 8.62. The number of benzene rings is 1. The highest BCUT2D eigenvalue weighted by atomic mass is 79.9. The van der Waals surface area contributed by atoms with Gasteiger partial charge in [-0.05, 0) is 46.6 Å². The van der Waals surface area contributed by atoms with E-state index in [1.165, 1.54) is 10.4 Å². The molecule has 2 aromatic rings. The Morgan fingerprint density at radius 3 is 2.62 bits per heavy atom. The second kappa shape index (κ2) is 7.73. The molecule has 0 spiro atoms. The molecular formula is C16H19BrN2OS. The van der Waals surface area contributed by atoms with Crippen LogP contribution in [0, 0.1) is 0 Å². The number of rotatable bonds is 6. The van der Waals surface area contributed by atoms with Gasteiger partial charge in [-0.2, -0.15) is 0 Å². The van der Waals surface area contributed by atoms with Gasteiger partial charge in [0.2, 0.25) is 5.91 Å². The molecule has 2 N–H and O–H groups in total. The predicted octanol–water partition coefficient (Wildman–Crippen LogP) is 4.71. The molecule has 1 aromatic heterocycles. The van der Waals surface area contributed by atoms with Crippen LogP contribution in [0.3, 0.4) is 0 Å². The summed E-state index contributed by atoms with van der Waals surface area (Å²) >= 11 is 5.21. The fraction of sp³-hybridized carbons (Fsp3) is 0.312. The standard InChI is InChI=1S/C16H19BrN2OS/c1-3-16(20)19-14-6-4-12(5-7-14)11(2)18-9-15-8-13(17)10-21-15/h4-8,10-11,18H,3,9H2,1-2H3,(H,19,20). The van der Waals surface area contributed by atoms with Gasteiger partial charge in [-0.1, -0.05) is 19.1 Å². The van der Waals surface area contributed by atoms with Crippen molar-refractivity contribution in [2.24, 2.45) is 0 Å². The molecule has 0 bridgehead atoms. The smallest absolute Gasteiger partial charge is 0.224 e. The Hall–Kier alpha value is -1.17. The first kappa shape index (κ1) is 16.2. The summed E-state index contributed by atoms with van der Waals surface area (Å²) in [6.07, 6.45) is 0.496. The van der Waals surface area contributed by atoms with Crippen LogP contribution in [0.15, 0.2) is 40.2 Å². The van der Waals surface area contributed by atoms with Crippen LogP contribution < -0.4 is 10.6 Å². The van der Waals surface area contributed by atoms with Gasteiger partial charge in [0, 0.05) is 39.4 Å². The SMILES string of the molecule is CCC(=O)Nc1ccc(C(C)NCc2cc(Br)cs2)cc1. The first-order valence-electron chi connectivity index (χ1n) is 6.94. The zero-order valence-electron chi connectivity index (χ0n) is 12.2. The third kappa shape index (κ3) is 4.95. The van der Waals surface area contributed by atoms with Crippen LogP contribution in [-0.4, -0.2) is 5.91 Å².